The molecule has 0 atom stereocenters. The summed E-state index contributed by atoms with van der Waals surface area (Å²) in [6, 6.07) is 2.93. The number of sulfone groups is 1. The van der Waals surface area contributed by atoms with Gasteiger partial charge in [-0.25, -0.2) is 17.5 Å². The molecule has 0 saturated carbocycles. The van der Waals surface area contributed by atoms with Gasteiger partial charge in [-0.3, -0.25) is 0 Å². The molecule has 0 aliphatic carbocycles. The van der Waals surface area contributed by atoms with Crippen molar-refractivity contribution < 1.29 is 12.8 Å². The fraction of sp³-hybridized carbons (Fsp3) is 0.364. The van der Waals surface area contributed by atoms with Gasteiger partial charge >= 0.3 is 0 Å². The van der Waals surface area contributed by atoms with Crippen LogP contribution in [0.4, 0.5) is 10.1 Å². The standard InChI is InChI=1S/C11H14FN5O2S/c1-7-5-8(13)6-9(10(7)12)11-14-15-16-17(11)3-4-20(2,18)19/h5-6H,3-4,13H2,1-2H3. The topological polar surface area (TPSA) is 104 Å². The van der Waals surface area contributed by atoms with Crippen molar-refractivity contribution in [2.45, 2.75) is 13.5 Å². The monoisotopic (exact) mass is 299 g/mol. The molecule has 0 aliphatic heterocycles. The number of tetrazole rings is 1. The number of benzene rings is 1. The van der Waals surface area contributed by atoms with Crippen LogP contribution >= 0.6 is 0 Å². The lowest BCUT2D eigenvalue weighted by Crippen LogP contribution is -2.13. The highest BCUT2D eigenvalue weighted by molar-refractivity contribution is 7.90. The molecule has 0 unspecified atom stereocenters. The first-order chi connectivity index (χ1) is 9.28. The van der Waals surface area contributed by atoms with Gasteiger partial charge in [0.1, 0.15) is 15.7 Å². The van der Waals surface area contributed by atoms with Crippen LogP contribution in [-0.4, -0.2) is 40.6 Å². The van der Waals surface area contributed by atoms with Gasteiger partial charge in [0, 0.05) is 11.9 Å². The van der Waals surface area contributed by atoms with E-state index in [0.29, 0.717) is 11.3 Å². The van der Waals surface area contributed by atoms with Gasteiger partial charge in [0.2, 0.25) is 0 Å². The van der Waals surface area contributed by atoms with Crippen LogP contribution in [0.3, 0.4) is 0 Å². The average molecular weight is 299 g/mol. The highest BCUT2D eigenvalue weighted by Crippen LogP contribution is 2.25. The number of halogens is 1. The molecule has 1 aromatic heterocycles. The first-order valence-electron chi connectivity index (χ1n) is 5.78. The largest absolute Gasteiger partial charge is 0.399 e. The van der Waals surface area contributed by atoms with Gasteiger partial charge in [-0.15, -0.1) is 5.10 Å². The molecule has 1 heterocycles. The third-order valence-corrected chi connectivity index (χ3v) is 3.65. The zero-order valence-corrected chi connectivity index (χ0v) is 11.9. The lowest BCUT2D eigenvalue weighted by Gasteiger charge is -2.08. The molecule has 2 rings (SSSR count). The molecule has 0 fully saturated rings. The van der Waals surface area contributed by atoms with Gasteiger partial charge in [-0.05, 0) is 35.0 Å². The van der Waals surface area contributed by atoms with Crippen LogP contribution in [0.5, 0.6) is 0 Å². The zero-order valence-electron chi connectivity index (χ0n) is 11.0. The Bertz CT molecular complexity index is 741. The van der Waals surface area contributed by atoms with E-state index in [9.17, 15) is 12.8 Å². The molecule has 2 N–H and O–H groups in total. The number of hydrogen-bond acceptors (Lipinski definition) is 6. The molecule has 0 saturated heterocycles. The van der Waals surface area contributed by atoms with Crippen molar-refractivity contribution in [3.8, 4) is 11.4 Å². The first kappa shape index (κ1) is 14.4. The lowest BCUT2D eigenvalue weighted by atomic mass is 10.1. The summed E-state index contributed by atoms with van der Waals surface area (Å²) in [6.45, 7) is 1.63. The van der Waals surface area contributed by atoms with Crippen LogP contribution in [0.25, 0.3) is 11.4 Å². The number of aryl methyl sites for hydroxylation is 2. The van der Waals surface area contributed by atoms with E-state index in [0.717, 1.165) is 6.26 Å². The van der Waals surface area contributed by atoms with Crippen LogP contribution in [0.15, 0.2) is 12.1 Å². The molecule has 0 spiro atoms. The average Bonchev–Trinajstić information content (AvgIpc) is 2.78. The van der Waals surface area contributed by atoms with Gasteiger partial charge in [-0.1, -0.05) is 0 Å². The molecule has 20 heavy (non-hydrogen) atoms. The lowest BCUT2D eigenvalue weighted by molar-refractivity contribution is 0.579. The second-order valence-electron chi connectivity index (χ2n) is 4.55. The van der Waals surface area contributed by atoms with Gasteiger partial charge in [0.25, 0.3) is 0 Å². The maximum atomic E-state index is 14.1. The van der Waals surface area contributed by atoms with Crippen LogP contribution in [0.2, 0.25) is 0 Å². The van der Waals surface area contributed by atoms with E-state index in [-0.39, 0.29) is 23.7 Å². The van der Waals surface area contributed by atoms with E-state index < -0.39 is 15.7 Å². The molecule has 1 aromatic carbocycles. The van der Waals surface area contributed by atoms with E-state index >= 15 is 0 Å². The van der Waals surface area contributed by atoms with Crippen LogP contribution < -0.4 is 5.73 Å². The van der Waals surface area contributed by atoms with E-state index in [1.807, 2.05) is 0 Å². The first-order valence-corrected chi connectivity index (χ1v) is 7.84. The molecular formula is C11H14FN5O2S. The Balaban J connectivity index is 2.42. The predicted octanol–water partition coefficient (Wildman–Crippen LogP) is 0.414. The van der Waals surface area contributed by atoms with Crippen molar-refractivity contribution in [3.05, 3.63) is 23.5 Å². The zero-order chi connectivity index (χ0) is 14.9. The number of nitrogens with two attached hydrogens (primary N) is 1. The van der Waals surface area contributed by atoms with E-state index in [2.05, 4.69) is 15.5 Å². The van der Waals surface area contributed by atoms with E-state index in [1.54, 1.807) is 6.92 Å². The van der Waals surface area contributed by atoms with Gasteiger partial charge in [-0.2, -0.15) is 0 Å². The summed E-state index contributed by atoms with van der Waals surface area (Å²) in [4.78, 5) is 0. The Kier molecular flexibility index (Phi) is 3.71. The SMILES string of the molecule is Cc1cc(N)cc(-c2nnnn2CCS(C)(=O)=O)c1F. The van der Waals surface area contributed by atoms with Crippen molar-refractivity contribution in [3.63, 3.8) is 0 Å². The minimum Gasteiger partial charge on any atom is -0.399 e. The Hall–Kier alpha value is -2.03. The molecule has 0 amide bonds. The minimum atomic E-state index is -3.16. The van der Waals surface area contributed by atoms with Crippen molar-refractivity contribution in [1.29, 1.82) is 0 Å². The van der Waals surface area contributed by atoms with Crippen molar-refractivity contribution in [1.82, 2.24) is 20.2 Å². The number of anilines is 1. The summed E-state index contributed by atoms with van der Waals surface area (Å²) in [7, 11) is -3.16. The van der Waals surface area contributed by atoms with Crippen molar-refractivity contribution >= 4 is 15.5 Å². The Morgan fingerprint density at radius 2 is 2.10 bits per heavy atom. The summed E-state index contributed by atoms with van der Waals surface area (Å²) >= 11 is 0. The van der Waals surface area contributed by atoms with Crippen LogP contribution in [0, 0.1) is 12.7 Å². The number of nitrogens with zero attached hydrogens (tertiary/aromatic N) is 4. The molecule has 0 aliphatic rings. The molecule has 7 nitrogen and oxygen atoms in total. The number of rotatable bonds is 4. The highest BCUT2D eigenvalue weighted by Gasteiger charge is 2.17. The minimum absolute atomic E-state index is 0.0501. The smallest absolute Gasteiger partial charge is 0.185 e. The summed E-state index contributed by atoms with van der Waals surface area (Å²) in [5.41, 5.74) is 6.60. The number of aromatic nitrogens is 4. The molecule has 0 bridgehead atoms. The molecule has 108 valence electrons. The summed E-state index contributed by atoms with van der Waals surface area (Å²) in [6.07, 6.45) is 1.11. The van der Waals surface area contributed by atoms with E-state index in [4.69, 9.17) is 5.73 Å². The van der Waals surface area contributed by atoms with Gasteiger partial charge in [0.05, 0.1) is 17.9 Å². The van der Waals surface area contributed by atoms with E-state index in [1.165, 1.54) is 16.8 Å². The molecule has 9 heteroatoms. The Morgan fingerprint density at radius 1 is 1.40 bits per heavy atom. The normalized spacial score (nSPS) is 11.8. The maximum Gasteiger partial charge on any atom is 0.185 e. The van der Waals surface area contributed by atoms with Gasteiger partial charge in [0.15, 0.2) is 5.82 Å². The molecular weight excluding hydrogens is 285 g/mol. The predicted molar refractivity (Wildman–Crippen MR) is 72.1 cm³/mol. The summed E-state index contributed by atoms with van der Waals surface area (Å²) < 4.78 is 37.7. The van der Waals surface area contributed by atoms with Crippen LogP contribution in [0.1, 0.15) is 5.56 Å². The summed E-state index contributed by atoms with van der Waals surface area (Å²) in [5.74, 6) is -0.454. The fourth-order valence-corrected chi connectivity index (χ4v) is 2.27. The van der Waals surface area contributed by atoms with Crippen LogP contribution in [-0.2, 0) is 16.4 Å². The quantitative estimate of drug-likeness (QED) is 0.820. The third kappa shape index (κ3) is 3.10. The number of nitrogen functional groups attached to an aromatic ring is 1. The molecule has 0 radical (unpaired) electrons. The Morgan fingerprint density at radius 3 is 2.75 bits per heavy atom. The maximum absolute atomic E-state index is 14.1. The van der Waals surface area contributed by atoms with Crippen molar-refractivity contribution in [2.75, 3.05) is 17.7 Å². The fourth-order valence-electron chi connectivity index (χ4n) is 1.76. The second-order valence-corrected chi connectivity index (χ2v) is 6.81. The third-order valence-electron chi connectivity index (χ3n) is 2.72. The van der Waals surface area contributed by atoms with Gasteiger partial charge < -0.3 is 5.73 Å². The molecule has 2 aromatic rings. The second kappa shape index (κ2) is 5.16. The highest BCUT2D eigenvalue weighted by atomic mass is 32.2. The summed E-state index contributed by atoms with van der Waals surface area (Å²) in [5, 5.41) is 10.9. The van der Waals surface area contributed by atoms with Crippen molar-refractivity contribution in [2.24, 2.45) is 0 Å². The number of hydrogen-bond donors (Lipinski definition) is 1. The Labute approximate surface area is 115 Å².